The van der Waals surface area contributed by atoms with Crippen LogP contribution < -0.4 is 10.6 Å². The van der Waals surface area contributed by atoms with Gasteiger partial charge in [0.25, 0.3) is 5.91 Å². The van der Waals surface area contributed by atoms with Gasteiger partial charge in [-0.25, -0.2) is 18.4 Å². The van der Waals surface area contributed by atoms with Crippen molar-refractivity contribution < 1.29 is 18.0 Å². The number of piperazine rings is 1. The van der Waals surface area contributed by atoms with E-state index < -0.39 is 15.7 Å². The molecule has 0 atom stereocenters. The molecule has 0 aliphatic carbocycles. The van der Waals surface area contributed by atoms with Crippen molar-refractivity contribution in [3.8, 4) is 11.4 Å². The second kappa shape index (κ2) is 12.6. The number of nitrogens with zero attached hydrogens (tertiary/aromatic N) is 6. The predicted molar refractivity (Wildman–Crippen MR) is 158 cm³/mol. The summed E-state index contributed by atoms with van der Waals surface area (Å²) in [5, 5.41) is 6.99. The van der Waals surface area contributed by atoms with Crippen molar-refractivity contribution in [3.05, 3.63) is 72.3 Å². The van der Waals surface area contributed by atoms with E-state index >= 15 is 0 Å². The lowest BCUT2D eigenvalue weighted by Crippen LogP contribution is -2.49. The highest BCUT2D eigenvalue weighted by Crippen LogP contribution is 2.21. The monoisotopic (exact) mass is 588 g/mol. The number of anilines is 1. The molecule has 2 N–H and O–H groups in total. The molecule has 0 bridgehead atoms. The SMILES string of the molecule is CC(=O)N1CCN(CCNc2cccc(-c3ccc4cnc(CNC(=O)c5cncc(S(C)(=O)=O)c5)cc4n3)n2)CC1. The fraction of sp³-hybridized carbons (Fsp3) is 0.310. The molecule has 4 aromatic rings. The number of carbonyl (C=O) groups excluding carboxylic acids is 2. The van der Waals surface area contributed by atoms with Crippen LogP contribution in [-0.2, 0) is 21.2 Å². The second-order valence-electron chi connectivity index (χ2n) is 10.1. The van der Waals surface area contributed by atoms with Crippen LogP contribution in [-0.4, -0.2) is 95.5 Å². The number of aromatic nitrogens is 4. The molecule has 0 unspecified atom stereocenters. The zero-order valence-electron chi connectivity index (χ0n) is 23.4. The van der Waals surface area contributed by atoms with Crippen molar-refractivity contribution in [2.24, 2.45) is 0 Å². The Kier molecular flexibility index (Phi) is 8.69. The number of fused-ring (bicyclic) bond motifs is 1. The summed E-state index contributed by atoms with van der Waals surface area (Å²) in [4.78, 5) is 46.1. The largest absolute Gasteiger partial charge is 0.369 e. The summed E-state index contributed by atoms with van der Waals surface area (Å²) >= 11 is 0. The van der Waals surface area contributed by atoms with E-state index in [9.17, 15) is 18.0 Å². The van der Waals surface area contributed by atoms with Gasteiger partial charge in [0.1, 0.15) is 5.82 Å². The number of pyridine rings is 4. The van der Waals surface area contributed by atoms with Gasteiger partial charge >= 0.3 is 0 Å². The van der Waals surface area contributed by atoms with Gasteiger partial charge in [-0.05, 0) is 36.4 Å². The summed E-state index contributed by atoms with van der Waals surface area (Å²) in [7, 11) is -3.48. The molecular weight excluding hydrogens is 556 g/mol. The van der Waals surface area contributed by atoms with Crippen molar-refractivity contribution in [3.63, 3.8) is 0 Å². The predicted octanol–water partition coefficient (Wildman–Crippen LogP) is 2.00. The van der Waals surface area contributed by atoms with E-state index in [0.29, 0.717) is 16.9 Å². The molecule has 2 amide bonds. The Balaban J connectivity index is 1.21. The van der Waals surface area contributed by atoms with E-state index in [1.54, 1.807) is 19.2 Å². The Hall–Kier alpha value is -4.49. The van der Waals surface area contributed by atoms with Crippen LogP contribution in [0.5, 0.6) is 0 Å². The maximum Gasteiger partial charge on any atom is 0.253 e. The number of nitrogens with one attached hydrogen (secondary N) is 2. The van der Waals surface area contributed by atoms with Crippen LogP contribution in [0.25, 0.3) is 22.3 Å². The number of hydrogen-bond acceptors (Lipinski definition) is 10. The van der Waals surface area contributed by atoms with Crippen molar-refractivity contribution in [2.75, 3.05) is 50.8 Å². The quantitative estimate of drug-likeness (QED) is 0.297. The van der Waals surface area contributed by atoms with Crippen LogP contribution in [0.2, 0.25) is 0 Å². The molecule has 13 heteroatoms. The fourth-order valence-corrected chi connectivity index (χ4v) is 5.21. The molecule has 0 aromatic carbocycles. The van der Waals surface area contributed by atoms with Gasteiger partial charge in [-0.2, -0.15) is 0 Å². The zero-order chi connectivity index (χ0) is 29.7. The standard InChI is InChI=1S/C29H32N8O4S/c1-20(38)37-12-10-36(11-13-37)9-8-31-28-5-3-4-25(35-28)26-7-6-21-17-32-23(15-27(21)34-26)18-33-29(39)22-14-24(19-30-16-22)42(2,40)41/h3-7,14-17,19H,8-13,18H2,1-2H3,(H,31,35)(H,33,39). The molecule has 1 aliphatic heterocycles. The van der Waals surface area contributed by atoms with E-state index in [1.807, 2.05) is 35.2 Å². The Morgan fingerprint density at radius 2 is 1.74 bits per heavy atom. The second-order valence-corrected chi connectivity index (χ2v) is 12.1. The highest BCUT2D eigenvalue weighted by atomic mass is 32.2. The molecule has 1 fully saturated rings. The van der Waals surface area contributed by atoms with Gasteiger partial charge in [-0.1, -0.05) is 6.07 Å². The number of amides is 2. The summed E-state index contributed by atoms with van der Waals surface area (Å²) in [5.74, 6) is 0.426. The van der Waals surface area contributed by atoms with Gasteiger partial charge < -0.3 is 15.5 Å². The maximum absolute atomic E-state index is 12.6. The number of sulfone groups is 1. The van der Waals surface area contributed by atoms with Crippen LogP contribution in [0.1, 0.15) is 23.0 Å². The van der Waals surface area contributed by atoms with Crippen LogP contribution >= 0.6 is 0 Å². The molecule has 0 spiro atoms. The molecule has 0 radical (unpaired) electrons. The molecule has 4 aromatic heterocycles. The molecule has 12 nitrogen and oxygen atoms in total. The number of carbonyl (C=O) groups is 2. The third-order valence-electron chi connectivity index (χ3n) is 7.03. The van der Waals surface area contributed by atoms with Gasteiger partial charge in [-0.3, -0.25) is 24.5 Å². The summed E-state index contributed by atoms with van der Waals surface area (Å²) in [6.45, 7) is 6.59. The van der Waals surface area contributed by atoms with Crippen molar-refractivity contribution >= 4 is 38.4 Å². The van der Waals surface area contributed by atoms with Crippen LogP contribution in [0, 0.1) is 0 Å². The van der Waals surface area contributed by atoms with Crippen LogP contribution in [0.4, 0.5) is 5.82 Å². The Morgan fingerprint density at radius 3 is 2.50 bits per heavy atom. The minimum Gasteiger partial charge on any atom is -0.369 e. The molecular formula is C29H32N8O4S. The van der Waals surface area contributed by atoms with E-state index in [2.05, 4.69) is 25.5 Å². The molecule has 1 aliphatic rings. The lowest BCUT2D eigenvalue weighted by Gasteiger charge is -2.34. The number of hydrogen-bond donors (Lipinski definition) is 2. The van der Waals surface area contributed by atoms with E-state index in [4.69, 9.17) is 9.97 Å². The molecule has 0 saturated carbocycles. The highest BCUT2D eigenvalue weighted by molar-refractivity contribution is 7.90. The topological polar surface area (TPSA) is 150 Å². The van der Waals surface area contributed by atoms with Crippen LogP contribution in [0.3, 0.4) is 0 Å². The smallest absolute Gasteiger partial charge is 0.253 e. The van der Waals surface area contributed by atoms with Crippen molar-refractivity contribution in [2.45, 2.75) is 18.4 Å². The minimum atomic E-state index is -3.48. The van der Waals surface area contributed by atoms with Gasteiger partial charge in [0.05, 0.1) is 39.6 Å². The summed E-state index contributed by atoms with van der Waals surface area (Å²) in [6, 6.07) is 12.7. The Bertz CT molecular complexity index is 1720. The molecule has 218 valence electrons. The normalized spacial score (nSPS) is 14.1. The van der Waals surface area contributed by atoms with Gasteiger partial charge in [0, 0.05) is 76.4 Å². The van der Waals surface area contributed by atoms with Crippen molar-refractivity contribution in [1.29, 1.82) is 0 Å². The third-order valence-corrected chi connectivity index (χ3v) is 8.11. The van der Waals surface area contributed by atoms with Gasteiger partial charge in [0.15, 0.2) is 9.84 Å². The lowest BCUT2D eigenvalue weighted by atomic mass is 10.2. The minimum absolute atomic E-state index is 0.0206. The highest BCUT2D eigenvalue weighted by Gasteiger charge is 2.18. The lowest BCUT2D eigenvalue weighted by molar-refractivity contribution is -0.130. The summed E-state index contributed by atoms with van der Waals surface area (Å²) in [6.07, 6.45) is 5.29. The van der Waals surface area contributed by atoms with E-state index in [0.717, 1.165) is 62.4 Å². The Labute approximate surface area is 244 Å². The number of rotatable bonds is 9. The first-order valence-corrected chi connectivity index (χ1v) is 15.4. The van der Waals surface area contributed by atoms with Crippen LogP contribution in [0.15, 0.2) is 66.0 Å². The first-order chi connectivity index (χ1) is 20.2. The first-order valence-electron chi connectivity index (χ1n) is 13.5. The summed E-state index contributed by atoms with van der Waals surface area (Å²) < 4.78 is 23.6. The van der Waals surface area contributed by atoms with Gasteiger partial charge in [-0.15, -0.1) is 0 Å². The maximum atomic E-state index is 12.6. The van der Waals surface area contributed by atoms with Crippen molar-refractivity contribution in [1.82, 2.24) is 35.1 Å². The van der Waals surface area contributed by atoms with E-state index in [-0.39, 0.29) is 22.9 Å². The average Bonchev–Trinajstić information content (AvgIpc) is 2.99. The van der Waals surface area contributed by atoms with Gasteiger partial charge in [0.2, 0.25) is 5.91 Å². The summed E-state index contributed by atoms with van der Waals surface area (Å²) in [5.41, 5.74) is 2.88. The molecule has 5 rings (SSSR count). The zero-order valence-corrected chi connectivity index (χ0v) is 24.3. The molecule has 42 heavy (non-hydrogen) atoms. The third kappa shape index (κ3) is 7.22. The Morgan fingerprint density at radius 1 is 0.952 bits per heavy atom. The average molecular weight is 589 g/mol. The van der Waals surface area contributed by atoms with E-state index in [1.165, 1.54) is 18.5 Å². The first kappa shape index (κ1) is 29.0. The molecule has 1 saturated heterocycles. The molecule has 5 heterocycles. The fourth-order valence-electron chi connectivity index (χ4n) is 4.62.